The highest BCUT2D eigenvalue weighted by atomic mass is 16.5. The summed E-state index contributed by atoms with van der Waals surface area (Å²) in [5.74, 6) is 0. The van der Waals surface area contributed by atoms with E-state index in [2.05, 4.69) is 11.3 Å². The van der Waals surface area contributed by atoms with E-state index in [-0.39, 0.29) is 0 Å². The molecule has 2 nitrogen and oxygen atoms in total. The molecule has 0 aromatic carbocycles. The van der Waals surface area contributed by atoms with Gasteiger partial charge in [-0.25, -0.2) is 4.79 Å². The standard InChI is InChI=1S/C7H7O2/c1-2-3-4-5-6-9-7-8/h2-6H,1H2. The van der Waals surface area contributed by atoms with Crippen LogP contribution < -0.4 is 0 Å². The summed E-state index contributed by atoms with van der Waals surface area (Å²) in [4.78, 5) is 9.39. The van der Waals surface area contributed by atoms with E-state index in [1.807, 2.05) is 0 Å². The second kappa shape index (κ2) is 6.69. The third-order valence-corrected chi connectivity index (χ3v) is 0.553. The molecule has 0 aromatic heterocycles. The molecule has 2 heteroatoms. The molecule has 9 heavy (non-hydrogen) atoms. The van der Waals surface area contributed by atoms with Crippen LogP contribution in [0.2, 0.25) is 0 Å². The van der Waals surface area contributed by atoms with Crippen molar-refractivity contribution in [3.63, 3.8) is 0 Å². The van der Waals surface area contributed by atoms with Gasteiger partial charge in [0, 0.05) is 0 Å². The first kappa shape index (κ1) is 7.69. The first-order valence-corrected chi connectivity index (χ1v) is 2.39. The predicted octanol–water partition coefficient (Wildman–Crippen LogP) is 1.33. The topological polar surface area (TPSA) is 26.3 Å². The molecule has 0 aliphatic carbocycles. The zero-order chi connectivity index (χ0) is 6.95. The van der Waals surface area contributed by atoms with Crippen LogP contribution in [0.1, 0.15) is 0 Å². The smallest absolute Gasteiger partial charge is 0.422 e. The van der Waals surface area contributed by atoms with Crippen LogP contribution in [-0.2, 0) is 9.53 Å². The molecule has 0 aliphatic heterocycles. The van der Waals surface area contributed by atoms with Crippen LogP contribution in [0.15, 0.2) is 37.1 Å². The van der Waals surface area contributed by atoms with Crippen LogP contribution in [0.5, 0.6) is 0 Å². The fourth-order valence-corrected chi connectivity index (χ4v) is 0.255. The highest BCUT2D eigenvalue weighted by Crippen LogP contribution is 1.77. The van der Waals surface area contributed by atoms with E-state index in [4.69, 9.17) is 0 Å². The minimum Gasteiger partial charge on any atom is -0.426 e. The summed E-state index contributed by atoms with van der Waals surface area (Å²) < 4.78 is 4.11. The number of hydrogen-bond donors (Lipinski definition) is 0. The molecular formula is C7H7O2. The Hall–Kier alpha value is -1.31. The quantitative estimate of drug-likeness (QED) is 0.416. The fourth-order valence-electron chi connectivity index (χ4n) is 0.255. The number of hydrogen-bond acceptors (Lipinski definition) is 2. The molecule has 0 atom stereocenters. The molecule has 0 rings (SSSR count). The summed E-state index contributed by atoms with van der Waals surface area (Å²) >= 11 is 0. The van der Waals surface area contributed by atoms with E-state index < -0.39 is 0 Å². The summed E-state index contributed by atoms with van der Waals surface area (Å²) in [5.41, 5.74) is 0. The maximum absolute atomic E-state index is 9.39. The highest BCUT2D eigenvalue weighted by molar-refractivity contribution is 5.39. The minimum atomic E-state index is 1.23. The molecule has 0 heterocycles. The van der Waals surface area contributed by atoms with E-state index >= 15 is 0 Å². The molecule has 0 aliphatic rings. The summed E-state index contributed by atoms with van der Waals surface area (Å²) in [6, 6.07) is 0. The lowest BCUT2D eigenvalue weighted by Crippen LogP contribution is -1.69. The van der Waals surface area contributed by atoms with Gasteiger partial charge in [0.25, 0.3) is 0 Å². The molecule has 47 valence electrons. The maximum atomic E-state index is 9.39. The van der Waals surface area contributed by atoms with Crippen LogP contribution in [0, 0.1) is 0 Å². The lowest BCUT2D eigenvalue weighted by molar-refractivity contribution is 0.398. The minimum absolute atomic E-state index is 1.23. The largest absolute Gasteiger partial charge is 0.426 e. The van der Waals surface area contributed by atoms with E-state index in [1.165, 1.54) is 12.7 Å². The summed E-state index contributed by atoms with van der Waals surface area (Å²) in [6.45, 7) is 4.69. The summed E-state index contributed by atoms with van der Waals surface area (Å²) in [5, 5.41) is 0. The number of carbonyl (C=O) groups excluding carboxylic acids is 1. The normalized spacial score (nSPS) is 10.2. The van der Waals surface area contributed by atoms with Gasteiger partial charge in [-0.2, -0.15) is 0 Å². The summed E-state index contributed by atoms with van der Waals surface area (Å²) in [6.07, 6.45) is 7.81. The average molecular weight is 123 g/mol. The number of rotatable bonds is 4. The zero-order valence-corrected chi connectivity index (χ0v) is 4.91. The number of allylic oxidation sites excluding steroid dienone is 4. The molecule has 0 spiro atoms. The SMILES string of the molecule is C=CC=CC=CO[C]=O. The molecule has 1 radical (unpaired) electrons. The number of ether oxygens (including phenoxy) is 1. The van der Waals surface area contributed by atoms with Gasteiger partial charge in [-0.15, -0.1) is 0 Å². The Morgan fingerprint density at radius 3 is 2.67 bits per heavy atom. The van der Waals surface area contributed by atoms with Crippen molar-refractivity contribution in [3.05, 3.63) is 37.1 Å². The Labute approximate surface area is 54.1 Å². The molecule has 0 bridgehead atoms. The van der Waals surface area contributed by atoms with Gasteiger partial charge < -0.3 is 4.74 Å². The van der Waals surface area contributed by atoms with Crippen molar-refractivity contribution in [3.8, 4) is 0 Å². The van der Waals surface area contributed by atoms with Gasteiger partial charge >= 0.3 is 6.47 Å². The molecule has 0 saturated heterocycles. The van der Waals surface area contributed by atoms with Crippen molar-refractivity contribution in [1.29, 1.82) is 0 Å². The van der Waals surface area contributed by atoms with Gasteiger partial charge in [0.2, 0.25) is 0 Å². The Morgan fingerprint density at radius 2 is 2.11 bits per heavy atom. The van der Waals surface area contributed by atoms with E-state index in [0.717, 1.165) is 0 Å². The van der Waals surface area contributed by atoms with Gasteiger partial charge in [0.05, 0.1) is 6.26 Å². The summed E-state index contributed by atoms with van der Waals surface area (Å²) in [7, 11) is 0. The van der Waals surface area contributed by atoms with Crippen molar-refractivity contribution in [2.45, 2.75) is 0 Å². The van der Waals surface area contributed by atoms with Gasteiger partial charge in [0.1, 0.15) is 0 Å². The third kappa shape index (κ3) is 6.69. The molecule has 0 aromatic rings. The van der Waals surface area contributed by atoms with Crippen molar-refractivity contribution in [2.24, 2.45) is 0 Å². The second-order valence-corrected chi connectivity index (χ2v) is 1.15. The average Bonchev–Trinajstić information content (AvgIpc) is 1.89. The highest BCUT2D eigenvalue weighted by Gasteiger charge is 1.65. The third-order valence-electron chi connectivity index (χ3n) is 0.553. The molecule has 0 saturated carbocycles. The Bertz CT molecular complexity index is 134. The van der Waals surface area contributed by atoms with Crippen molar-refractivity contribution in [1.82, 2.24) is 0 Å². The Kier molecular flexibility index (Phi) is 5.72. The van der Waals surface area contributed by atoms with E-state index in [1.54, 1.807) is 24.3 Å². The monoisotopic (exact) mass is 123 g/mol. The van der Waals surface area contributed by atoms with Crippen molar-refractivity contribution >= 4 is 6.47 Å². The fraction of sp³-hybridized carbons (Fsp3) is 0. The first-order valence-electron chi connectivity index (χ1n) is 2.39. The van der Waals surface area contributed by atoms with Gasteiger partial charge in [0.15, 0.2) is 0 Å². The van der Waals surface area contributed by atoms with Gasteiger partial charge in [-0.1, -0.05) is 24.8 Å². The molecule has 0 N–H and O–H groups in total. The maximum Gasteiger partial charge on any atom is 0.422 e. The lowest BCUT2D eigenvalue weighted by Gasteiger charge is -1.75. The van der Waals surface area contributed by atoms with E-state index in [0.29, 0.717) is 0 Å². The lowest BCUT2D eigenvalue weighted by atomic mass is 10.5. The van der Waals surface area contributed by atoms with Gasteiger partial charge in [-0.05, 0) is 6.08 Å². The van der Waals surface area contributed by atoms with E-state index in [9.17, 15) is 4.79 Å². The Balaban J connectivity index is 3.33. The molecule has 0 unspecified atom stereocenters. The van der Waals surface area contributed by atoms with Crippen molar-refractivity contribution in [2.75, 3.05) is 0 Å². The van der Waals surface area contributed by atoms with Crippen molar-refractivity contribution < 1.29 is 9.53 Å². The Morgan fingerprint density at radius 1 is 1.33 bits per heavy atom. The molecular weight excluding hydrogens is 116 g/mol. The van der Waals surface area contributed by atoms with Crippen LogP contribution in [0.3, 0.4) is 0 Å². The van der Waals surface area contributed by atoms with Crippen LogP contribution in [0.25, 0.3) is 0 Å². The van der Waals surface area contributed by atoms with Crippen LogP contribution in [0.4, 0.5) is 0 Å². The van der Waals surface area contributed by atoms with Crippen LogP contribution >= 0.6 is 0 Å². The molecule has 0 fully saturated rings. The zero-order valence-electron chi connectivity index (χ0n) is 4.91. The second-order valence-electron chi connectivity index (χ2n) is 1.15. The van der Waals surface area contributed by atoms with Crippen LogP contribution in [-0.4, -0.2) is 6.47 Å². The molecule has 0 amide bonds. The predicted molar refractivity (Wildman–Crippen MR) is 35.3 cm³/mol. The van der Waals surface area contributed by atoms with Gasteiger partial charge in [-0.3, -0.25) is 0 Å². The first-order chi connectivity index (χ1) is 4.41.